The molecule has 3 aliphatic heterocycles. The van der Waals surface area contributed by atoms with E-state index >= 15 is 0 Å². The number of aromatic amines is 1. The predicted molar refractivity (Wildman–Crippen MR) is 125 cm³/mol. The van der Waals surface area contributed by atoms with Crippen molar-refractivity contribution < 1.29 is 9.53 Å². The Kier molecular flexibility index (Phi) is 7.84. The molecule has 178 valence electrons. The molecular weight excluding hydrogens is 406 g/mol. The van der Waals surface area contributed by atoms with Crippen LogP contribution in [0.15, 0.2) is 4.79 Å². The van der Waals surface area contributed by atoms with Crippen LogP contribution in [-0.2, 0) is 16.0 Å². The third-order valence-electron chi connectivity index (χ3n) is 7.37. The Balaban J connectivity index is 1.29. The van der Waals surface area contributed by atoms with E-state index in [0.717, 1.165) is 50.8 Å². The second-order valence-electron chi connectivity index (χ2n) is 9.88. The van der Waals surface area contributed by atoms with Crippen molar-refractivity contribution in [2.75, 3.05) is 63.9 Å². The molecule has 0 radical (unpaired) electrons. The number of hydrogen-bond donors (Lipinski definition) is 1. The van der Waals surface area contributed by atoms with Gasteiger partial charge in [-0.25, -0.2) is 4.98 Å². The molecule has 1 aromatic rings. The first-order valence-electron chi connectivity index (χ1n) is 12.4. The van der Waals surface area contributed by atoms with Crippen molar-refractivity contribution in [3.05, 3.63) is 21.6 Å². The van der Waals surface area contributed by atoms with Gasteiger partial charge >= 0.3 is 0 Å². The summed E-state index contributed by atoms with van der Waals surface area (Å²) in [6.07, 6.45) is 5.69. The van der Waals surface area contributed by atoms with Crippen LogP contribution >= 0.6 is 0 Å². The molecule has 0 aromatic carbocycles. The number of aryl methyl sites for hydroxylation is 1. The molecule has 1 unspecified atom stereocenters. The van der Waals surface area contributed by atoms with Crippen LogP contribution in [0.1, 0.15) is 50.3 Å². The molecule has 1 N–H and O–H groups in total. The minimum atomic E-state index is -0.123. The Hall–Kier alpha value is -1.93. The summed E-state index contributed by atoms with van der Waals surface area (Å²) in [4.78, 5) is 39.8. The fraction of sp³-hybridized carbons (Fsp3) is 0.792. The number of aromatic nitrogens is 2. The molecule has 3 saturated heterocycles. The lowest BCUT2D eigenvalue weighted by atomic mass is 9.94. The van der Waals surface area contributed by atoms with Crippen molar-refractivity contribution >= 4 is 11.9 Å². The van der Waals surface area contributed by atoms with Crippen molar-refractivity contribution in [3.8, 4) is 0 Å². The Labute approximate surface area is 191 Å². The summed E-state index contributed by atoms with van der Waals surface area (Å²) in [5.41, 5.74) is 1.23. The van der Waals surface area contributed by atoms with E-state index in [0.29, 0.717) is 43.5 Å². The molecule has 0 aliphatic carbocycles. The van der Waals surface area contributed by atoms with Gasteiger partial charge in [0.1, 0.15) is 0 Å². The number of anilines is 1. The fourth-order valence-electron chi connectivity index (χ4n) is 5.26. The minimum absolute atomic E-state index is 0.123. The van der Waals surface area contributed by atoms with Crippen LogP contribution in [0.2, 0.25) is 0 Å². The van der Waals surface area contributed by atoms with Gasteiger partial charge in [0, 0.05) is 50.4 Å². The first-order chi connectivity index (χ1) is 15.5. The minimum Gasteiger partial charge on any atom is -0.378 e. The number of carbonyl (C=O) groups excluding carboxylic acids is 1. The normalized spacial score (nSPS) is 23.5. The second kappa shape index (κ2) is 10.8. The van der Waals surface area contributed by atoms with E-state index in [9.17, 15) is 9.59 Å². The summed E-state index contributed by atoms with van der Waals surface area (Å²) in [6.45, 7) is 12.2. The molecule has 4 heterocycles. The quantitative estimate of drug-likeness (QED) is 0.719. The van der Waals surface area contributed by atoms with Crippen molar-refractivity contribution in [2.24, 2.45) is 11.8 Å². The summed E-state index contributed by atoms with van der Waals surface area (Å²) < 4.78 is 5.38. The molecule has 3 aliphatic rings. The summed E-state index contributed by atoms with van der Waals surface area (Å²) in [5.74, 6) is 2.19. The van der Waals surface area contributed by atoms with Gasteiger partial charge in [0.2, 0.25) is 11.9 Å². The lowest BCUT2D eigenvalue weighted by Gasteiger charge is -2.38. The first-order valence-corrected chi connectivity index (χ1v) is 12.4. The highest BCUT2D eigenvalue weighted by Gasteiger charge is 2.27. The lowest BCUT2D eigenvalue weighted by Crippen LogP contribution is -2.45. The first kappa shape index (κ1) is 23.2. The molecule has 4 rings (SSSR count). The third-order valence-corrected chi connectivity index (χ3v) is 7.37. The standard InChI is InChI=1S/C24H39N5O3/c1-18-7-10-27(11-8-18)16-20-4-3-9-29(17-20)22(30)6-5-21-19(2)25-24(26-23(21)31)28-12-14-32-15-13-28/h18,20H,3-17H2,1-2H3,(H,25,26,31). The zero-order chi connectivity index (χ0) is 22.5. The average molecular weight is 446 g/mol. The van der Waals surface area contributed by atoms with E-state index in [2.05, 4.69) is 21.8 Å². The average Bonchev–Trinajstić information content (AvgIpc) is 2.80. The maximum absolute atomic E-state index is 12.9. The van der Waals surface area contributed by atoms with Crippen LogP contribution in [0.4, 0.5) is 5.95 Å². The van der Waals surface area contributed by atoms with Crippen LogP contribution in [0, 0.1) is 18.8 Å². The molecule has 8 heteroatoms. The molecule has 1 amide bonds. The Morgan fingerprint density at radius 1 is 1.12 bits per heavy atom. The molecule has 0 spiro atoms. The van der Waals surface area contributed by atoms with Gasteiger partial charge in [-0.2, -0.15) is 0 Å². The summed E-state index contributed by atoms with van der Waals surface area (Å²) in [5, 5.41) is 0. The molecule has 8 nitrogen and oxygen atoms in total. The molecular formula is C24H39N5O3. The Morgan fingerprint density at radius 2 is 1.88 bits per heavy atom. The van der Waals surface area contributed by atoms with Crippen LogP contribution in [0.5, 0.6) is 0 Å². The number of nitrogens with one attached hydrogen (secondary N) is 1. The van der Waals surface area contributed by atoms with Gasteiger partial charge in [0.15, 0.2) is 0 Å². The maximum atomic E-state index is 12.9. The SMILES string of the molecule is Cc1nc(N2CCOCC2)[nH]c(=O)c1CCC(=O)N1CCCC(CN2CCC(C)CC2)C1. The number of rotatable bonds is 6. The largest absolute Gasteiger partial charge is 0.378 e. The Bertz CT molecular complexity index is 827. The molecule has 0 saturated carbocycles. The predicted octanol–water partition coefficient (Wildman–Crippen LogP) is 1.82. The van der Waals surface area contributed by atoms with Crippen LogP contribution in [0.25, 0.3) is 0 Å². The van der Waals surface area contributed by atoms with Crippen molar-refractivity contribution in [3.63, 3.8) is 0 Å². The summed E-state index contributed by atoms with van der Waals surface area (Å²) in [6, 6.07) is 0. The number of amides is 1. The van der Waals surface area contributed by atoms with Crippen LogP contribution in [-0.4, -0.2) is 84.7 Å². The maximum Gasteiger partial charge on any atom is 0.255 e. The summed E-state index contributed by atoms with van der Waals surface area (Å²) >= 11 is 0. The van der Waals surface area contributed by atoms with Crippen LogP contribution in [0.3, 0.4) is 0 Å². The molecule has 32 heavy (non-hydrogen) atoms. The highest BCUT2D eigenvalue weighted by atomic mass is 16.5. The van der Waals surface area contributed by atoms with Gasteiger partial charge in [-0.1, -0.05) is 6.92 Å². The number of morpholine rings is 1. The monoisotopic (exact) mass is 445 g/mol. The van der Waals surface area contributed by atoms with E-state index in [1.54, 1.807) is 0 Å². The zero-order valence-electron chi connectivity index (χ0n) is 19.8. The number of carbonyl (C=O) groups is 1. The molecule has 1 atom stereocenters. The van der Waals surface area contributed by atoms with Crippen molar-refractivity contribution in [1.82, 2.24) is 19.8 Å². The van der Waals surface area contributed by atoms with Gasteiger partial charge in [0.25, 0.3) is 5.56 Å². The Morgan fingerprint density at radius 3 is 2.59 bits per heavy atom. The van der Waals surface area contributed by atoms with E-state index in [1.165, 1.54) is 32.4 Å². The highest BCUT2D eigenvalue weighted by molar-refractivity contribution is 5.76. The van der Waals surface area contributed by atoms with E-state index in [1.807, 2.05) is 16.7 Å². The third kappa shape index (κ3) is 5.90. The molecule has 3 fully saturated rings. The number of nitrogens with zero attached hydrogens (tertiary/aromatic N) is 4. The topological polar surface area (TPSA) is 81.8 Å². The van der Waals surface area contributed by atoms with Gasteiger partial charge in [-0.3, -0.25) is 14.6 Å². The number of ether oxygens (including phenoxy) is 1. The molecule has 1 aromatic heterocycles. The fourth-order valence-corrected chi connectivity index (χ4v) is 5.26. The van der Waals surface area contributed by atoms with Crippen molar-refractivity contribution in [2.45, 2.75) is 52.4 Å². The van der Waals surface area contributed by atoms with Gasteiger partial charge in [-0.05, 0) is 64.0 Å². The zero-order valence-corrected chi connectivity index (χ0v) is 19.8. The van der Waals surface area contributed by atoms with Gasteiger partial charge < -0.3 is 19.4 Å². The van der Waals surface area contributed by atoms with Gasteiger partial charge in [-0.15, -0.1) is 0 Å². The van der Waals surface area contributed by atoms with Crippen LogP contribution < -0.4 is 10.5 Å². The number of hydrogen-bond acceptors (Lipinski definition) is 6. The number of H-pyrrole nitrogens is 1. The number of piperidine rings is 2. The highest BCUT2D eigenvalue weighted by Crippen LogP contribution is 2.22. The van der Waals surface area contributed by atoms with E-state index in [-0.39, 0.29) is 11.5 Å². The van der Waals surface area contributed by atoms with E-state index in [4.69, 9.17) is 4.74 Å². The van der Waals surface area contributed by atoms with E-state index < -0.39 is 0 Å². The smallest absolute Gasteiger partial charge is 0.255 e. The number of likely N-dealkylation sites (tertiary alicyclic amines) is 2. The summed E-state index contributed by atoms with van der Waals surface area (Å²) in [7, 11) is 0. The second-order valence-corrected chi connectivity index (χ2v) is 9.88. The molecule has 0 bridgehead atoms. The lowest BCUT2D eigenvalue weighted by molar-refractivity contribution is -0.133. The van der Waals surface area contributed by atoms with Gasteiger partial charge in [0.05, 0.1) is 13.2 Å². The van der Waals surface area contributed by atoms with Crippen molar-refractivity contribution in [1.29, 1.82) is 0 Å².